The molecular formula is C15H20Cl2O2. The third kappa shape index (κ3) is 3.00. The first-order valence-electron chi connectivity index (χ1n) is 6.62. The standard InChI is InChI=1S/C15H20Cl2O2/c1-8-5-10(6-9(8)2)19-14(18)13-11(7-12(16)17)15(13,3)4/h7,10-11,13H,5-6H2,1-4H3/t11-,13+/m1/s1. The van der Waals surface area contributed by atoms with Gasteiger partial charge < -0.3 is 4.74 Å². The molecule has 2 rings (SSSR count). The predicted octanol–water partition coefficient (Wildman–Crippen LogP) is 4.62. The maximum Gasteiger partial charge on any atom is 0.310 e. The van der Waals surface area contributed by atoms with Crippen molar-refractivity contribution in [3.8, 4) is 0 Å². The van der Waals surface area contributed by atoms with Gasteiger partial charge >= 0.3 is 5.97 Å². The van der Waals surface area contributed by atoms with Gasteiger partial charge in [-0.3, -0.25) is 4.79 Å². The van der Waals surface area contributed by atoms with Gasteiger partial charge in [-0.2, -0.15) is 0 Å². The van der Waals surface area contributed by atoms with E-state index in [4.69, 9.17) is 27.9 Å². The van der Waals surface area contributed by atoms with Gasteiger partial charge in [0.05, 0.1) is 5.92 Å². The lowest BCUT2D eigenvalue weighted by Gasteiger charge is -2.12. The summed E-state index contributed by atoms with van der Waals surface area (Å²) >= 11 is 11.4. The van der Waals surface area contributed by atoms with Gasteiger partial charge in [0.15, 0.2) is 0 Å². The first-order valence-corrected chi connectivity index (χ1v) is 7.37. The Morgan fingerprint density at radius 3 is 2.26 bits per heavy atom. The van der Waals surface area contributed by atoms with E-state index >= 15 is 0 Å². The van der Waals surface area contributed by atoms with E-state index in [0.29, 0.717) is 0 Å². The van der Waals surface area contributed by atoms with Crippen molar-refractivity contribution in [2.24, 2.45) is 17.3 Å². The van der Waals surface area contributed by atoms with Crippen molar-refractivity contribution in [1.82, 2.24) is 0 Å². The van der Waals surface area contributed by atoms with Crippen molar-refractivity contribution in [3.63, 3.8) is 0 Å². The number of esters is 1. The topological polar surface area (TPSA) is 26.3 Å². The number of allylic oxidation sites excluding steroid dienone is 1. The summed E-state index contributed by atoms with van der Waals surface area (Å²) in [5, 5.41) is 0. The number of carbonyl (C=O) groups excluding carboxylic acids is 1. The molecule has 19 heavy (non-hydrogen) atoms. The molecule has 0 aliphatic heterocycles. The zero-order valence-corrected chi connectivity index (χ0v) is 13.3. The molecule has 0 heterocycles. The Labute approximate surface area is 124 Å². The van der Waals surface area contributed by atoms with E-state index < -0.39 is 0 Å². The molecule has 1 saturated carbocycles. The predicted molar refractivity (Wildman–Crippen MR) is 78.0 cm³/mol. The van der Waals surface area contributed by atoms with E-state index in [2.05, 4.69) is 13.8 Å². The quantitative estimate of drug-likeness (QED) is 0.562. The minimum atomic E-state index is -0.124. The summed E-state index contributed by atoms with van der Waals surface area (Å²) in [7, 11) is 0. The first kappa shape index (κ1) is 14.9. The average molecular weight is 303 g/mol. The Kier molecular flexibility index (Phi) is 4.04. The van der Waals surface area contributed by atoms with Gasteiger partial charge in [0.1, 0.15) is 10.6 Å². The minimum absolute atomic E-state index is 0.0139. The second kappa shape index (κ2) is 5.14. The maximum absolute atomic E-state index is 12.2. The third-order valence-electron chi connectivity index (χ3n) is 4.55. The third-order valence-corrected chi connectivity index (χ3v) is 4.80. The van der Waals surface area contributed by atoms with Gasteiger partial charge in [-0.25, -0.2) is 0 Å². The highest BCUT2D eigenvalue weighted by Crippen LogP contribution is 2.60. The average Bonchev–Trinajstić information content (AvgIpc) is 2.62. The summed E-state index contributed by atoms with van der Waals surface area (Å²) in [5.74, 6) is -0.156. The van der Waals surface area contributed by atoms with Crippen LogP contribution in [0.2, 0.25) is 0 Å². The van der Waals surface area contributed by atoms with Crippen LogP contribution in [0.25, 0.3) is 0 Å². The summed E-state index contributed by atoms with van der Waals surface area (Å²) < 4.78 is 5.85. The number of hydrogen-bond acceptors (Lipinski definition) is 2. The van der Waals surface area contributed by atoms with Gasteiger partial charge in [-0.05, 0) is 31.3 Å². The molecule has 0 radical (unpaired) electrons. The molecule has 0 amide bonds. The van der Waals surface area contributed by atoms with Gasteiger partial charge in [0, 0.05) is 12.8 Å². The molecule has 0 spiro atoms. The van der Waals surface area contributed by atoms with Crippen molar-refractivity contribution in [3.05, 3.63) is 21.7 Å². The lowest BCUT2D eigenvalue weighted by molar-refractivity contribution is -0.151. The Morgan fingerprint density at radius 2 is 1.79 bits per heavy atom. The highest BCUT2D eigenvalue weighted by molar-refractivity contribution is 6.55. The zero-order chi connectivity index (χ0) is 14.4. The van der Waals surface area contributed by atoms with Gasteiger partial charge in [-0.1, -0.05) is 48.2 Å². The summed E-state index contributed by atoms with van der Waals surface area (Å²) in [4.78, 5) is 12.2. The number of ether oxygens (including phenoxy) is 1. The zero-order valence-electron chi connectivity index (χ0n) is 11.8. The largest absolute Gasteiger partial charge is 0.461 e. The fourth-order valence-electron chi connectivity index (χ4n) is 3.00. The fraction of sp³-hybridized carbons (Fsp3) is 0.667. The molecule has 2 aliphatic rings. The monoisotopic (exact) mass is 302 g/mol. The maximum atomic E-state index is 12.2. The van der Waals surface area contributed by atoms with Crippen LogP contribution in [0, 0.1) is 17.3 Å². The molecule has 0 aromatic rings. The Morgan fingerprint density at radius 1 is 1.26 bits per heavy atom. The molecule has 2 atom stereocenters. The molecule has 0 aromatic carbocycles. The van der Waals surface area contributed by atoms with Crippen LogP contribution in [-0.2, 0) is 9.53 Å². The molecule has 0 saturated heterocycles. The van der Waals surface area contributed by atoms with E-state index in [9.17, 15) is 4.79 Å². The highest BCUT2D eigenvalue weighted by atomic mass is 35.5. The van der Waals surface area contributed by atoms with Crippen LogP contribution in [-0.4, -0.2) is 12.1 Å². The lowest BCUT2D eigenvalue weighted by Crippen LogP contribution is -2.19. The molecule has 2 nitrogen and oxygen atoms in total. The van der Waals surface area contributed by atoms with E-state index in [1.54, 1.807) is 6.08 Å². The van der Waals surface area contributed by atoms with E-state index in [1.165, 1.54) is 11.1 Å². The SMILES string of the molecule is CC1=C(C)CC(OC(=O)[C@@H]2[C@@H](C=C(Cl)Cl)C2(C)C)C1. The van der Waals surface area contributed by atoms with E-state index in [0.717, 1.165) is 12.8 Å². The van der Waals surface area contributed by atoms with Crippen LogP contribution in [0.3, 0.4) is 0 Å². The summed E-state index contributed by atoms with van der Waals surface area (Å²) in [6, 6.07) is 0. The highest BCUT2D eigenvalue weighted by Gasteiger charge is 2.61. The summed E-state index contributed by atoms with van der Waals surface area (Å²) in [5.41, 5.74) is 2.57. The van der Waals surface area contributed by atoms with E-state index in [1.807, 2.05) is 13.8 Å². The van der Waals surface area contributed by atoms with Crippen LogP contribution >= 0.6 is 23.2 Å². The number of halogens is 2. The molecule has 106 valence electrons. The molecule has 0 aromatic heterocycles. The Bertz CT molecular complexity index is 445. The molecule has 0 bridgehead atoms. The van der Waals surface area contributed by atoms with Crippen LogP contribution < -0.4 is 0 Å². The molecular weight excluding hydrogens is 283 g/mol. The van der Waals surface area contributed by atoms with Crippen LogP contribution in [0.5, 0.6) is 0 Å². The normalized spacial score (nSPS) is 29.4. The lowest BCUT2D eigenvalue weighted by atomic mass is 10.1. The van der Waals surface area contributed by atoms with Crippen LogP contribution in [0.4, 0.5) is 0 Å². The second-order valence-corrected chi connectivity index (χ2v) is 7.32. The van der Waals surface area contributed by atoms with Crippen molar-refractivity contribution >= 4 is 29.2 Å². The number of rotatable bonds is 3. The first-order chi connectivity index (χ1) is 8.73. The number of hydrogen-bond donors (Lipinski definition) is 0. The van der Waals surface area contributed by atoms with E-state index in [-0.39, 0.29) is 33.8 Å². The summed E-state index contributed by atoms with van der Waals surface area (Å²) in [6.07, 6.45) is 3.49. The van der Waals surface area contributed by atoms with Crippen LogP contribution in [0.15, 0.2) is 21.7 Å². The van der Waals surface area contributed by atoms with Crippen molar-refractivity contribution in [2.45, 2.75) is 46.6 Å². The fourth-order valence-corrected chi connectivity index (χ4v) is 3.27. The van der Waals surface area contributed by atoms with Crippen molar-refractivity contribution in [1.29, 1.82) is 0 Å². The van der Waals surface area contributed by atoms with Gasteiger partial charge in [0.2, 0.25) is 0 Å². The van der Waals surface area contributed by atoms with Gasteiger partial charge in [0.25, 0.3) is 0 Å². The molecule has 1 fully saturated rings. The second-order valence-electron chi connectivity index (χ2n) is 6.31. The molecule has 0 unspecified atom stereocenters. The Balaban J connectivity index is 1.94. The molecule has 0 N–H and O–H groups in total. The molecule has 2 aliphatic carbocycles. The Hall–Kier alpha value is -0.470. The van der Waals surface area contributed by atoms with Crippen LogP contribution in [0.1, 0.15) is 40.5 Å². The minimum Gasteiger partial charge on any atom is -0.461 e. The molecule has 4 heteroatoms. The summed E-state index contributed by atoms with van der Waals surface area (Å²) in [6.45, 7) is 8.28. The van der Waals surface area contributed by atoms with Gasteiger partial charge in [-0.15, -0.1) is 0 Å². The smallest absolute Gasteiger partial charge is 0.310 e. The van der Waals surface area contributed by atoms with Crippen molar-refractivity contribution < 1.29 is 9.53 Å². The van der Waals surface area contributed by atoms with Crippen molar-refractivity contribution in [2.75, 3.05) is 0 Å². The number of carbonyl (C=O) groups is 1.